The van der Waals surface area contributed by atoms with Gasteiger partial charge in [0.2, 0.25) is 0 Å². The van der Waals surface area contributed by atoms with E-state index in [-0.39, 0.29) is 6.10 Å². The molecule has 3 rings (SSSR count). The van der Waals surface area contributed by atoms with Crippen LogP contribution in [0.25, 0.3) is 0 Å². The molecule has 3 heterocycles. The topological polar surface area (TPSA) is 51.1 Å². The molecule has 0 spiro atoms. The van der Waals surface area contributed by atoms with E-state index in [1.165, 1.54) is 0 Å². The van der Waals surface area contributed by atoms with Crippen molar-refractivity contribution in [3.8, 4) is 0 Å². The van der Waals surface area contributed by atoms with E-state index < -0.39 is 0 Å². The van der Waals surface area contributed by atoms with Crippen LogP contribution < -0.4 is 0 Å². The van der Waals surface area contributed by atoms with Crippen molar-refractivity contribution in [2.24, 2.45) is 0 Å². The molecule has 106 valence electrons. The molecule has 0 radical (unpaired) electrons. The average Bonchev–Trinajstić information content (AvgIpc) is 2.89. The molecule has 0 saturated carbocycles. The molecule has 0 bridgehead atoms. The first kappa shape index (κ1) is 13.6. The van der Waals surface area contributed by atoms with E-state index in [0.717, 1.165) is 48.3 Å². The summed E-state index contributed by atoms with van der Waals surface area (Å²) in [5.74, 6) is 0. The first-order chi connectivity index (χ1) is 9.70. The molecular weight excluding hydrogens is 272 g/mol. The van der Waals surface area contributed by atoms with Gasteiger partial charge in [0, 0.05) is 43.1 Å². The van der Waals surface area contributed by atoms with Gasteiger partial charge < -0.3 is 4.74 Å². The Hall–Kier alpha value is -1.37. The van der Waals surface area contributed by atoms with Crippen molar-refractivity contribution >= 4 is 11.3 Å². The van der Waals surface area contributed by atoms with Crippen LogP contribution in [0, 0.1) is 13.8 Å². The molecule has 20 heavy (non-hydrogen) atoms. The lowest BCUT2D eigenvalue weighted by Crippen LogP contribution is -2.38. The Bertz CT molecular complexity index is 569. The summed E-state index contributed by atoms with van der Waals surface area (Å²) in [6, 6.07) is 0. The molecule has 2 aromatic rings. The zero-order valence-electron chi connectivity index (χ0n) is 11.7. The van der Waals surface area contributed by atoms with Gasteiger partial charge in [0.1, 0.15) is 11.1 Å². The largest absolute Gasteiger partial charge is 0.368 e. The predicted molar refractivity (Wildman–Crippen MR) is 77.6 cm³/mol. The van der Waals surface area contributed by atoms with E-state index in [1.807, 2.05) is 26.2 Å². The van der Waals surface area contributed by atoms with Gasteiger partial charge >= 0.3 is 0 Å². The minimum atomic E-state index is 0.0841. The fourth-order valence-corrected chi connectivity index (χ4v) is 3.08. The highest BCUT2D eigenvalue weighted by molar-refractivity contribution is 7.09. The normalized spacial score (nSPS) is 20.2. The number of morpholine rings is 1. The molecule has 2 aromatic heterocycles. The highest BCUT2D eigenvalue weighted by Gasteiger charge is 2.24. The number of thiazole rings is 1. The summed E-state index contributed by atoms with van der Waals surface area (Å²) in [4.78, 5) is 15.6. The molecule has 1 atom stereocenters. The predicted octanol–water partition coefficient (Wildman–Crippen LogP) is 2.12. The third-order valence-electron chi connectivity index (χ3n) is 3.28. The second-order valence-corrected chi connectivity index (χ2v) is 5.96. The average molecular weight is 290 g/mol. The molecule has 1 aliphatic heterocycles. The third-order valence-corrected chi connectivity index (χ3v) is 4.34. The lowest BCUT2D eigenvalue weighted by molar-refractivity contribution is -0.0334. The highest BCUT2D eigenvalue weighted by atomic mass is 32.1. The summed E-state index contributed by atoms with van der Waals surface area (Å²) in [6.45, 7) is 7.31. The fourth-order valence-electron chi connectivity index (χ4n) is 2.25. The minimum absolute atomic E-state index is 0.0841. The highest BCUT2D eigenvalue weighted by Crippen LogP contribution is 2.25. The van der Waals surface area contributed by atoms with Gasteiger partial charge in [-0.1, -0.05) is 0 Å². The zero-order valence-corrected chi connectivity index (χ0v) is 12.6. The molecule has 1 saturated heterocycles. The van der Waals surface area contributed by atoms with Crippen LogP contribution in [0.15, 0.2) is 17.8 Å². The lowest BCUT2D eigenvalue weighted by Gasteiger charge is -2.31. The molecule has 0 N–H and O–H groups in total. The molecule has 0 amide bonds. The molecule has 6 heteroatoms. The summed E-state index contributed by atoms with van der Waals surface area (Å²) >= 11 is 1.68. The molecule has 0 aliphatic carbocycles. The number of hydrogen-bond acceptors (Lipinski definition) is 6. The van der Waals surface area contributed by atoms with Crippen molar-refractivity contribution in [2.75, 3.05) is 19.7 Å². The third kappa shape index (κ3) is 3.20. The summed E-state index contributed by atoms with van der Waals surface area (Å²) in [5.41, 5.74) is 3.02. The van der Waals surface area contributed by atoms with E-state index in [2.05, 4.69) is 25.2 Å². The van der Waals surface area contributed by atoms with Crippen molar-refractivity contribution in [1.29, 1.82) is 0 Å². The molecule has 0 unspecified atom stereocenters. The van der Waals surface area contributed by atoms with E-state index in [0.29, 0.717) is 0 Å². The maximum absolute atomic E-state index is 5.83. The van der Waals surface area contributed by atoms with Gasteiger partial charge in [-0.05, 0) is 13.8 Å². The van der Waals surface area contributed by atoms with Crippen LogP contribution in [0.4, 0.5) is 0 Å². The summed E-state index contributed by atoms with van der Waals surface area (Å²) < 4.78 is 5.83. The van der Waals surface area contributed by atoms with Crippen LogP contribution in [0.3, 0.4) is 0 Å². The Morgan fingerprint density at radius 3 is 2.90 bits per heavy atom. The second kappa shape index (κ2) is 5.95. The van der Waals surface area contributed by atoms with Crippen molar-refractivity contribution in [3.05, 3.63) is 39.9 Å². The van der Waals surface area contributed by atoms with Gasteiger partial charge in [-0.25, -0.2) is 4.98 Å². The lowest BCUT2D eigenvalue weighted by atomic mass is 10.2. The molecule has 5 nitrogen and oxygen atoms in total. The SMILES string of the molecule is Cc1cnc(CN2CCO[C@H](c3nc(C)cs3)C2)cn1. The maximum Gasteiger partial charge on any atom is 0.123 e. The Labute approximate surface area is 122 Å². The number of hydrogen-bond donors (Lipinski definition) is 0. The number of ether oxygens (including phenoxy) is 1. The van der Waals surface area contributed by atoms with Crippen LogP contribution in [0.2, 0.25) is 0 Å². The summed E-state index contributed by atoms with van der Waals surface area (Å²) in [5, 5.41) is 3.14. The van der Waals surface area contributed by atoms with Crippen molar-refractivity contribution in [1.82, 2.24) is 19.9 Å². The number of nitrogens with zero attached hydrogens (tertiary/aromatic N) is 4. The van der Waals surface area contributed by atoms with Crippen LogP contribution >= 0.6 is 11.3 Å². The van der Waals surface area contributed by atoms with Gasteiger partial charge in [0.05, 0.1) is 18.0 Å². The van der Waals surface area contributed by atoms with E-state index in [9.17, 15) is 0 Å². The quantitative estimate of drug-likeness (QED) is 0.866. The van der Waals surface area contributed by atoms with Crippen molar-refractivity contribution in [2.45, 2.75) is 26.5 Å². The molecule has 1 fully saturated rings. The zero-order chi connectivity index (χ0) is 13.9. The first-order valence-electron chi connectivity index (χ1n) is 6.74. The summed E-state index contributed by atoms with van der Waals surface area (Å²) in [6.07, 6.45) is 3.76. The number of aromatic nitrogens is 3. The smallest absolute Gasteiger partial charge is 0.123 e. The molecular formula is C14H18N4OS. The second-order valence-electron chi connectivity index (χ2n) is 5.07. The van der Waals surface area contributed by atoms with Gasteiger partial charge in [-0.3, -0.25) is 14.9 Å². The van der Waals surface area contributed by atoms with Crippen LogP contribution in [-0.4, -0.2) is 39.5 Å². The van der Waals surface area contributed by atoms with Gasteiger partial charge in [0.25, 0.3) is 0 Å². The van der Waals surface area contributed by atoms with Gasteiger partial charge in [-0.15, -0.1) is 11.3 Å². The van der Waals surface area contributed by atoms with Crippen molar-refractivity contribution < 1.29 is 4.74 Å². The van der Waals surface area contributed by atoms with Crippen LogP contribution in [0.5, 0.6) is 0 Å². The van der Waals surface area contributed by atoms with Gasteiger partial charge in [-0.2, -0.15) is 0 Å². The van der Waals surface area contributed by atoms with E-state index >= 15 is 0 Å². The van der Waals surface area contributed by atoms with Crippen LogP contribution in [0.1, 0.15) is 28.2 Å². The number of aryl methyl sites for hydroxylation is 2. The fraction of sp³-hybridized carbons (Fsp3) is 0.500. The van der Waals surface area contributed by atoms with E-state index in [4.69, 9.17) is 4.74 Å². The standard InChI is InChI=1S/C14H18N4OS/c1-10-5-16-12(6-15-10)7-18-3-4-19-13(8-18)14-17-11(2)9-20-14/h5-6,9,13H,3-4,7-8H2,1-2H3/t13-/m0/s1. The maximum atomic E-state index is 5.83. The number of rotatable bonds is 3. The molecule has 1 aliphatic rings. The Morgan fingerprint density at radius 2 is 2.20 bits per heavy atom. The monoisotopic (exact) mass is 290 g/mol. The Morgan fingerprint density at radius 1 is 1.30 bits per heavy atom. The Balaban J connectivity index is 1.64. The minimum Gasteiger partial charge on any atom is -0.368 e. The van der Waals surface area contributed by atoms with Crippen molar-refractivity contribution in [3.63, 3.8) is 0 Å². The van der Waals surface area contributed by atoms with E-state index in [1.54, 1.807) is 11.3 Å². The summed E-state index contributed by atoms with van der Waals surface area (Å²) in [7, 11) is 0. The Kier molecular flexibility index (Phi) is 4.05. The molecule has 0 aromatic carbocycles. The first-order valence-corrected chi connectivity index (χ1v) is 7.62. The van der Waals surface area contributed by atoms with Crippen LogP contribution in [-0.2, 0) is 11.3 Å². The van der Waals surface area contributed by atoms with Gasteiger partial charge in [0.15, 0.2) is 0 Å².